The first-order valence-electron chi connectivity index (χ1n) is 5.81. The van der Waals surface area contributed by atoms with Crippen molar-refractivity contribution in [1.29, 1.82) is 0 Å². The Morgan fingerprint density at radius 3 is 2.95 bits per heavy atom. The van der Waals surface area contributed by atoms with Gasteiger partial charge in [0, 0.05) is 16.5 Å². The number of hydrogen-bond acceptors (Lipinski definition) is 5. The van der Waals surface area contributed by atoms with Gasteiger partial charge in [0.05, 0.1) is 12.8 Å². The van der Waals surface area contributed by atoms with Gasteiger partial charge in [-0.15, -0.1) is 11.3 Å². The maximum Gasteiger partial charge on any atom is 0.215 e. The molecular weight excluding hydrogens is 258 g/mol. The summed E-state index contributed by atoms with van der Waals surface area (Å²) in [6, 6.07) is 11.8. The second-order valence-electron chi connectivity index (χ2n) is 4.09. The Kier molecular flexibility index (Phi) is 2.97. The van der Waals surface area contributed by atoms with E-state index in [1.165, 1.54) is 10.1 Å². The van der Waals surface area contributed by atoms with E-state index in [2.05, 4.69) is 33.9 Å². The minimum Gasteiger partial charge on any atom is -0.481 e. The van der Waals surface area contributed by atoms with Crippen LogP contribution in [0.15, 0.2) is 41.8 Å². The van der Waals surface area contributed by atoms with Crippen LogP contribution in [0.25, 0.3) is 10.1 Å². The molecular formula is C14H13N3OS. The number of nitrogens with zero attached hydrogens (tertiary/aromatic N) is 1. The first-order valence-corrected chi connectivity index (χ1v) is 6.69. The molecule has 0 radical (unpaired) electrons. The molecule has 0 aliphatic heterocycles. The van der Waals surface area contributed by atoms with Crippen LogP contribution in [0.4, 0.5) is 17.2 Å². The molecule has 0 amide bonds. The number of anilines is 3. The lowest BCUT2D eigenvalue weighted by atomic mass is 10.2. The van der Waals surface area contributed by atoms with Gasteiger partial charge in [0.15, 0.2) is 5.82 Å². The number of nitrogens with one attached hydrogen (secondary N) is 1. The summed E-state index contributed by atoms with van der Waals surface area (Å²) in [5.41, 5.74) is 7.45. The van der Waals surface area contributed by atoms with Crippen molar-refractivity contribution in [2.75, 3.05) is 18.2 Å². The Balaban J connectivity index is 1.95. The molecule has 0 unspecified atom stereocenters. The third-order valence-corrected chi connectivity index (χ3v) is 3.72. The highest BCUT2D eigenvalue weighted by atomic mass is 32.1. The molecule has 0 bridgehead atoms. The smallest absolute Gasteiger partial charge is 0.215 e. The van der Waals surface area contributed by atoms with Crippen molar-refractivity contribution in [1.82, 2.24) is 4.98 Å². The van der Waals surface area contributed by atoms with Crippen molar-refractivity contribution in [3.8, 4) is 5.88 Å². The van der Waals surface area contributed by atoms with Crippen LogP contribution in [-0.4, -0.2) is 12.1 Å². The zero-order chi connectivity index (χ0) is 13.2. The van der Waals surface area contributed by atoms with Gasteiger partial charge in [0.2, 0.25) is 5.88 Å². The van der Waals surface area contributed by atoms with Crippen LogP contribution in [-0.2, 0) is 0 Å². The molecule has 2 aromatic heterocycles. The normalized spacial score (nSPS) is 10.6. The van der Waals surface area contributed by atoms with Gasteiger partial charge >= 0.3 is 0 Å². The van der Waals surface area contributed by atoms with E-state index in [1.807, 2.05) is 6.07 Å². The average Bonchev–Trinajstić information content (AvgIpc) is 2.89. The lowest BCUT2D eigenvalue weighted by molar-refractivity contribution is 0.398. The van der Waals surface area contributed by atoms with Gasteiger partial charge in [0.1, 0.15) is 0 Å². The Bertz CT molecular complexity index is 724. The molecule has 0 atom stereocenters. The van der Waals surface area contributed by atoms with Crippen molar-refractivity contribution >= 4 is 38.6 Å². The highest BCUT2D eigenvalue weighted by molar-refractivity contribution is 7.17. The first-order chi connectivity index (χ1) is 9.26. The van der Waals surface area contributed by atoms with Crippen molar-refractivity contribution < 1.29 is 4.74 Å². The largest absolute Gasteiger partial charge is 0.481 e. The van der Waals surface area contributed by atoms with Gasteiger partial charge in [0.25, 0.3) is 0 Å². The van der Waals surface area contributed by atoms with Crippen LogP contribution in [0.1, 0.15) is 0 Å². The molecule has 3 rings (SSSR count). The number of nitrogen functional groups attached to an aromatic ring is 1. The average molecular weight is 271 g/mol. The summed E-state index contributed by atoms with van der Waals surface area (Å²) in [4.78, 5) is 4.30. The van der Waals surface area contributed by atoms with Gasteiger partial charge in [-0.05, 0) is 41.1 Å². The Labute approximate surface area is 114 Å². The van der Waals surface area contributed by atoms with Crippen molar-refractivity contribution in [2.45, 2.75) is 0 Å². The van der Waals surface area contributed by atoms with E-state index in [0.717, 1.165) is 5.69 Å². The molecule has 96 valence electrons. The van der Waals surface area contributed by atoms with Crippen LogP contribution in [0, 0.1) is 0 Å². The fraction of sp³-hybridized carbons (Fsp3) is 0.0714. The minimum atomic E-state index is 0.535. The summed E-state index contributed by atoms with van der Waals surface area (Å²) in [7, 11) is 1.58. The predicted octanol–water partition coefficient (Wildman–Crippen LogP) is 3.63. The third-order valence-electron chi connectivity index (χ3n) is 2.83. The van der Waals surface area contributed by atoms with Gasteiger partial charge < -0.3 is 15.8 Å². The topological polar surface area (TPSA) is 60.2 Å². The highest BCUT2D eigenvalue weighted by Gasteiger charge is 2.05. The number of pyridine rings is 1. The number of aromatic nitrogens is 1. The van der Waals surface area contributed by atoms with Crippen LogP contribution in [0.2, 0.25) is 0 Å². The van der Waals surface area contributed by atoms with Crippen LogP contribution in [0.3, 0.4) is 0 Å². The number of hydrogen-bond donors (Lipinski definition) is 2. The summed E-state index contributed by atoms with van der Waals surface area (Å²) >= 11 is 1.72. The van der Waals surface area contributed by atoms with E-state index >= 15 is 0 Å². The fourth-order valence-corrected chi connectivity index (χ4v) is 2.62. The van der Waals surface area contributed by atoms with E-state index in [9.17, 15) is 0 Å². The summed E-state index contributed by atoms with van der Waals surface area (Å²) in [5.74, 6) is 1.14. The van der Waals surface area contributed by atoms with E-state index in [-0.39, 0.29) is 0 Å². The van der Waals surface area contributed by atoms with Crippen molar-refractivity contribution in [3.63, 3.8) is 0 Å². The quantitative estimate of drug-likeness (QED) is 0.763. The number of rotatable bonds is 3. The van der Waals surface area contributed by atoms with Gasteiger partial charge in [-0.25, -0.2) is 0 Å². The number of fused-ring (bicyclic) bond motifs is 1. The number of methoxy groups -OCH3 is 1. The maximum atomic E-state index is 5.91. The molecule has 19 heavy (non-hydrogen) atoms. The van der Waals surface area contributed by atoms with E-state index in [0.29, 0.717) is 17.4 Å². The summed E-state index contributed by atoms with van der Waals surface area (Å²) in [6.07, 6.45) is 0. The molecule has 0 aliphatic rings. The second kappa shape index (κ2) is 4.78. The monoisotopic (exact) mass is 271 g/mol. The van der Waals surface area contributed by atoms with E-state index in [4.69, 9.17) is 10.5 Å². The molecule has 4 nitrogen and oxygen atoms in total. The zero-order valence-electron chi connectivity index (χ0n) is 10.4. The van der Waals surface area contributed by atoms with E-state index < -0.39 is 0 Å². The maximum absolute atomic E-state index is 5.91. The molecule has 0 saturated heterocycles. The molecule has 3 aromatic rings. The molecule has 0 fully saturated rings. The second-order valence-corrected chi connectivity index (χ2v) is 5.04. The Morgan fingerprint density at radius 1 is 1.21 bits per heavy atom. The molecule has 2 heterocycles. The lowest BCUT2D eigenvalue weighted by Gasteiger charge is -2.09. The highest BCUT2D eigenvalue weighted by Crippen LogP contribution is 2.28. The van der Waals surface area contributed by atoms with Gasteiger partial charge in [-0.2, -0.15) is 4.98 Å². The standard InChI is InChI=1S/C14H13N3OS/c1-18-13-5-3-11(15)14(17-13)16-10-2-4-12-9(8-10)6-7-19-12/h2-8H,15H2,1H3,(H,16,17). The van der Waals surface area contributed by atoms with Gasteiger partial charge in [-0.3, -0.25) is 0 Å². The summed E-state index contributed by atoms with van der Waals surface area (Å²) in [6.45, 7) is 0. The first kappa shape index (κ1) is 11.8. The predicted molar refractivity (Wildman–Crippen MR) is 80.3 cm³/mol. The fourth-order valence-electron chi connectivity index (χ4n) is 1.85. The Hall–Kier alpha value is -2.27. The third kappa shape index (κ3) is 2.32. The number of benzene rings is 1. The number of thiophene rings is 1. The minimum absolute atomic E-state index is 0.535. The summed E-state index contributed by atoms with van der Waals surface area (Å²) in [5, 5.41) is 6.50. The molecule has 0 aliphatic carbocycles. The lowest BCUT2D eigenvalue weighted by Crippen LogP contribution is -2.00. The van der Waals surface area contributed by atoms with Crippen molar-refractivity contribution in [2.24, 2.45) is 0 Å². The molecule has 0 spiro atoms. The molecule has 1 aromatic carbocycles. The van der Waals surface area contributed by atoms with Crippen LogP contribution < -0.4 is 15.8 Å². The van der Waals surface area contributed by atoms with Gasteiger partial charge in [-0.1, -0.05) is 0 Å². The molecule has 5 heteroatoms. The molecule has 0 saturated carbocycles. The Morgan fingerprint density at radius 2 is 2.11 bits per heavy atom. The number of ether oxygens (including phenoxy) is 1. The van der Waals surface area contributed by atoms with Crippen LogP contribution >= 0.6 is 11.3 Å². The SMILES string of the molecule is COc1ccc(N)c(Nc2ccc3sccc3c2)n1. The van der Waals surface area contributed by atoms with E-state index in [1.54, 1.807) is 30.6 Å². The summed E-state index contributed by atoms with van der Waals surface area (Å²) < 4.78 is 6.36. The van der Waals surface area contributed by atoms with Crippen molar-refractivity contribution in [3.05, 3.63) is 41.8 Å². The van der Waals surface area contributed by atoms with Crippen LogP contribution in [0.5, 0.6) is 5.88 Å². The molecule has 3 N–H and O–H groups in total. The number of nitrogens with two attached hydrogens (primary N) is 1. The zero-order valence-corrected chi connectivity index (χ0v) is 11.2.